The molecule has 0 spiro atoms. The highest BCUT2D eigenvalue weighted by molar-refractivity contribution is 7.98. The van der Waals surface area contributed by atoms with Crippen molar-refractivity contribution < 1.29 is 17.9 Å². The minimum Gasteiger partial charge on any atom is -0.404 e. The molecule has 2 nitrogen and oxygen atoms in total. The van der Waals surface area contributed by atoms with Crippen molar-refractivity contribution in [3.63, 3.8) is 0 Å². The van der Waals surface area contributed by atoms with Crippen molar-refractivity contribution in [3.8, 4) is 5.75 Å². The Kier molecular flexibility index (Phi) is 5.47. The highest BCUT2D eigenvalue weighted by Crippen LogP contribution is 2.29. The van der Waals surface area contributed by atoms with Crippen LogP contribution in [0.1, 0.15) is 6.42 Å². The summed E-state index contributed by atoms with van der Waals surface area (Å²) in [5.41, 5.74) is 0.367. The van der Waals surface area contributed by atoms with Crippen LogP contribution < -0.4 is 10.1 Å². The maximum atomic E-state index is 12.1. The largest absolute Gasteiger partial charge is 0.573 e. The molecule has 1 aromatic rings. The molecular weight excluding hydrogens is 251 g/mol. The molecule has 0 aliphatic carbocycles. The molecule has 0 aliphatic rings. The Bertz CT molecular complexity index is 344. The number of alkyl halides is 3. The lowest BCUT2D eigenvalue weighted by atomic mass is 10.3. The van der Waals surface area contributed by atoms with Crippen LogP contribution in [-0.2, 0) is 0 Å². The maximum Gasteiger partial charge on any atom is 0.573 e. The molecule has 96 valence electrons. The number of ether oxygens (including phenoxy) is 1. The first-order chi connectivity index (χ1) is 8.03. The molecule has 0 amide bonds. The van der Waals surface area contributed by atoms with Gasteiger partial charge in [0.2, 0.25) is 0 Å². The Labute approximate surface area is 103 Å². The first-order valence-electron chi connectivity index (χ1n) is 5.10. The third-order valence-corrected chi connectivity index (χ3v) is 2.65. The fourth-order valence-electron chi connectivity index (χ4n) is 1.27. The lowest BCUT2D eigenvalue weighted by Crippen LogP contribution is -2.18. The van der Waals surface area contributed by atoms with Crippen LogP contribution >= 0.6 is 11.8 Å². The van der Waals surface area contributed by atoms with Crippen LogP contribution in [-0.4, -0.2) is 24.9 Å². The Morgan fingerprint density at radius 2 is 2.00 bits per heavy atom. The number of nitrogens with one attached hydrogen (secondary N) is 1. The number of para-hydroxylation sites is 2. The van der Waals surface area contributed by atoms with Crippen molar-refractivity contribution in [1.82, 2.24) is 0 Å². The Balaban J connectivity index is 2.58. The van der Waals surface area contributed by atoms with E-state index in [0.717, 1.165) is 12.2 Å². The number of thioether (sulfide) groups is 1. The van der Waals surface area contributed by atoms with Gasteiger partial charge in [-0.2, -0.15) is 11.8 Å². The molecule has 1 rings (SSSR count). The van der Waals surface area contributed by atoms with E-state index in [1.165, 1.54) is 12.1 Å². The monoisotopic (exact) mass is 265 g/mol. The van der Waals surface area contributed by atoms with Gasteiger partial charge in [-0.1, -0.05) is 12.1 Å². The van der Waals surface area contributed by atoms with Gasteiger partial charge in [-0.05, 0) is 30.6 Å². The Morgan fingerprint density at radius 3 is 2.65 bits per heavy atom. The Morgan fingerprint density at radius 1 is 1.29 bits per heavy atom. The fraction of sp³-hybridized carbons (Fsp3) is 0.455. The molecular formula is C11H14F3NOS. The van der Waals surface area contributed by atoms with Crippen LogP contribution in [0.4, 0.5) is 18.9 Å². The van der Waals surface area contributed by atoms with Crippen LogP contribution in [0.15, 0.2) is 24.3 Å². The van der Waals surface area contributed by atoms with Crippen molar-refractivity contribution >= 4 is 17.4 Å². The first kappa shape index (κ1) is 14.0. The van der Waals surface area contributed by atoms with Gasteiger partial charge in [0.25, 0.3) is 0 Å². The molecule has 0 heterocycles. The number of hydrogen-bond acceptors (Lipinski definition) is 3. The van der Waals surface area contributed by atoms with E-state index in [2.05, 4.69) is 10.1 Å². The predicted molar refractivity (Wildman–Crippen MR) is 64.6 cm³/mol. The van der Waals surface area contributed by atoms with Gasteiger partial charge in [0.1, 0.15) is 0 Å². The third kappa shape index (κ3) is 5.72. The molecule has 0 atom stereocenters. The van der Waals surface area contributed by atoms with E-state index < -0.39 is 6.36 Å². The molecule has 1 N–H and O–H groups in total. The van der Waals surface area contributed by atoms with E-state index in [1.807, 2.05) is 6.26 Å². The van der Waals surface area contributed by atoms with Crippen LogP contribution in [0.5, 0.6) is 5.75 Å². The quantitative estimate of drug-likeness (QED) is 0.791. The second-order valence-electron chi connectivity index (χ2n) is 3.32. The topological polar surface area (TPSA) is 21.3 Å². The lowest BCUT2D eigenvalue weighted by molar-refractivity contribution is -0.274. The molecule has 1 aromatic carbocycles. The van der Waals surface area contributed by atoms with Crippen molar-refractivity contribution in [1.29, 1.82) is 0 Å². The second-order valence-corrected chi connectivity index (χ2v) is 4.30. The summed E-state index contributed by atoms with van der Waals surface area (Å²) in [7, 11) is 0. The molecule has 0 saturated heterocycles. The summed E-state index contributed by atoms with van der Waals surface area (Å²) in [6.45, 7) is 0.624. The fourth-order valence-corrected chi connectivity index (χ4v) is 1.70. The summed E-state index contributed by atoms with van der Waals surface area (Å²) >= 11 is 1.70. The zero-order valence-electron chi connectivity index (χ0n) is 9.38. The molecule has 0 fully saturated rings. The summed E-state index contributed by atoms with van der Waals surface area (Å²) in [5, 5.41) is 2.93. The highest BCUT2D eigenvalue weighted by atomic mass is 32.2. The van der Waals surface area contributed by atoms with Crippen molar-refractivity contribution in [2.45, 2.75) is 12.8 Å². The second kappa shape index (κ2) is 6.64. The summed E-state index contributed by atoms with van der Waals surface area (Å²) in [5.74, 6) is 0.777. The van der Waals surface area contributed by atoms with Crippen molar-refractivity contribution in [2.24, 2.45) is 0 Å². The first-order valence-corrected chi connectivity index (χ1v) is 6.50. The van der Waals surface area contributed by atoms with Gasteiger partial charge in [0.15, 0.2) is 5.75 Å². The van der Waals surface area contributed by atoms with Crippen LogP contribution in [0.3, 0.4) is 0 Å². The van der Waals surface area contributed by atoms with Gasteiger partial charge >= 0.3 is 6.36 Å². The van der Waals surface area contributed by atoms with Crippen molar-refractivity contribution in [2.75, 3.05) is 23.9 Å². The van der Waals surface area contributed by atoms with Gasteiger partial charge in [-0.25, -0.2) is 0 Å². The molecule has 0 saturated carbocycles. The average Bonchev–Trinajstić information content (AvgIpc) is 2.24. The SMILES string of the molecule is CSCCCNc1ccccc1OC(F)(F)F. The summed E-state index contributed by atoms with van der Waals surface area (Å²) < 4.78 is 40.3. The highest BCUT2D eigenvalue weighted by Gasteiger charge is 2.31. The minimum absolute atomic E-state index is 0.191. The average molecular weight is 265 g/mol. The normalized spacial score (nSPS) is 11.3. The number of benzene rings is 1. The van der Waals surface area contributed by atoms with Gasteiger partial charge in [0, 0.05) is 6.54 Å². The summed E-state index contributed by atoms with van der Waals surface area (Å²) in [6.07, 6.45) is -1.78. The maximum absolute atomic E-state index is 12.1. The van der Waals surface area contributed by atoms with E-state index in [9.17, 15) is 13.2 Å². The smallest absolute Gasteiger partial charge is 0.404 e. The minimum atomic E-state index is -4.66. The molecule has 0 aliphatic heterocycles. The van der Waals surface area contributed by atoms with Crippen molar-refractivity contribution in [3.05, 3.63) is 24.3 Å². The standard InChI is InChI=1S/C11H14F3NOS/c1-17-8-4-7-15-9-5-2-3-6-10(9)16-11(12,13)14/h2-3,5-6,15H,4,7-8H2,1H3. The van der Waals surface area contributed by atoms with Gasteiger partial charge in [0.05, 0.1) is 5.69 Å². The zero-order valence-corrected chi connectivity index (χ0v) is 10.2. The van der Waals surface area contributed by atoms with Crippen LogP contribution in [0.25, 0.3) is 0 Å². The lowest BCUT2D eigenvalue weighted by Gasteiger charge is -2.14. The van der Waals surface area contributed by atoms with E-state index in [-0.39, 0.29) is 5.75 Å². The number of rotatable bonds is 6. The molecule has 0 bridgehead atoms. The zero-order chi connectivity index (χ0) is 12.7. The molecule has 6 heteroatoms. The van der Waals surface area contributed by atoms with Gasteiger partial charge in [-0.15, -0.1) is 13.2 Å². The molecule has 0 unspecified atom stereocenters. The van der Waals surface area contributed by atoms with E-state index >= 15 is 0 Å². The predicted octanol–water partition coefficient (Wildman–Crippen LogP) is 3.75. The summed E-state index contributed by atoms with van der Waals surface area (Å²) in [6, 6.07) is 6.04. The molecule has 0 radical (unpaired) electrons. The van der Waals surface area contributed by atoms with Gasteiger partial charge in [-0.3, -0.25) is 0 Å². The molecule has 0 aromatic heterocycles. The van der Waals surface area contributed by atoms with Crippen LogP contribution in [0, 0.1) is 0 Å². The number of halogens is 3. The van der Waals surface area contributed by atoms with E-state index in [4.69, 9.17) is 0 Å². The van der Waals surface area contributed by atoms with Crippen LogP contribution in [0.2, 0.25) is 0 Å². The molecule has 17 heavy (non-hydrogen) atoms. The number of hydrogen-bond donors (Lipinski definition) is 1. The van der Waals surface area contributed by atoms with E-state index in [1.54, 1.807) is 23.9 Å². The number of anilines is 1. The summed E-state index contributed by atoms with van der Waals surface area (Å²) in [4.78, 5) is 0. The van der Waals surface area contributed by atoms with E-state index in [0.29, 0.717) is 12.2 Å². The Hall–Kier alpha value is -1.04. The van der Waals surface area contributed by atoms with Gasteiger partial charge < -0.3 is 10.1 Å². The third-order valence-electron chi connectivity index (χ3n) is 1.95.